The van der Waals surface area contributed by atoms with Gasteiger partial charge in [-0.3, -0.25) is 15.0 Å². The molecule has 2 aromatic rings. The lowest BCUT2D eigenvalue weighted by atomic mass is 9.84. The number of anilines is 3. The molecule has 0 spiro atoms. The number of likely N-dealkylation sites (tertiary alicyclic amines) is 1. The molecule has 10 nitrogen and oxygen atoms in total. The van der Waals surface area contributed by atoms with E-state index in [2.05, 4.69) is 25.5 Å². The number of aromatic nitrogens is 2. The highest BCUT2D eigenvalue weighted by atomic mass is 35.5. The first-order valence-electron chi connectivity index (χ1n) is 11.7. The molecule has 1 aliphatic carbocycles. The summed E-state index contributed by atoms with van der Waals surface area (Å²) in [5.41, 5.74) is 1.66. The number of β-amino-alcohol motifs (C(OH)–C–C–N with tert-alkyl or cyclic N) is 1. The van der Waals surface area contributed by atoms with E-state index in [0.717, 1.165) is 50.0 Å². The summed E-state index contributed by atoms with van der Waals surface area (Å²) in [4.78, 5) is 23.9. The summed E-state index contributed by atoms with van der Waals surface area (Å²) in [6, 6.07) is 6.34. The summed E-state index contributed by atoms with van der Waals surface area (Å²) in [6.07, 6.45) is 5.34. The number of halogens is 1. The number of nitrogens with zero attached hydrogens (tertiary/aromatic N) is 5. The van der Waals surface area contributed by atoms with Crippen LogP contribution in [0.25, 0.3) is 0 Å². The van der Waals surface area contributed by atoms with Gasteiger partial charge in [0.1, 0.15) is 6.20 Å². The molecule has 1 saturated carbocycles. The second kappa shape index (κ2) is 10.7. The van der Waals surface area contributed by atoms with Crippen molar-refractivity contribution in [2.24, 2.45) is 5.92 Å². The van der Waals surface area contributed by atoms with E-state index in [1.807, 2.05) is 37.2 Å². The van der Waals surface area contributed by atoms with Crippen molar-refractivity contribution >= 4 is 34.7 Å². The van der Waals surface area contributed by atoms with E-state index in [9.17, 15) is 15.2 Å². The van der Waals surface area contributed by atoms with E-state index in [-0.39, 0.29) is 17.6 Å². The lowest BCUT2D eigenvalue weighted by Gasteiger charge is -2.44. The summed E-state index contributed by atoms with van der Waals surface area (Å²) in [5.74, 6) is 0.962. The second-order valence-corrected chi connectivity index (χ2v) is 9.72. The van der Waals surface area contributed by atoms with Crippen LogP contribution in [0.4, 0.5) is 23.1 Å². The van der Waals surface area contributed by atoms with Gasteiger partial charge in [0.2, 0.25) is 11.8 Å². The van der Waals surface area contributed by atoms with E-state index in [0.29, 0.717) is 36.0 Å². The van der Waals surface area contributed by atoms with Crippen LogP contribution in [0.15, 0.2) is 24.4 Å². The normalized spacial score (nSPS) is 21.1. The van der Waals surface area contributed by atoms with Crippen molar-refractivity contribution < 1.29 is 10.0 Å². The number of nitrogens with one attached hydrogen (secondary N) is 2. The van der Waals surface area contributed by atoms with Crippen LogP contribution >= 0.6 is 11.6 Å². The molecule has 0 amide bonds. The third kappa shape index (κ3) is 5.68. The van der Waals surface area contributed by atoms with Gasteiger partial charge in [0.25, 0.3) is 0 Å². The zero-order valence-corrected chi connectivity index (χ0v) is 20.3. The molecule has 0 atom stereocenters. The number of aliphatic hydroxyl groups excluding tert-OH is 1. The molecule has 2 fully saturated rings. The lowest BCUT2D eigenvalue weighted by molar-refractivity contribution is -0.384. The van der Waals surface area contributed by atoms with E-state index in [1.165, 1.54) is 6.20 Å². The van der Waals surface area contributed by atoms with Crippen LogP contribution in [-0.2, 0) is 6.54 Å². The van der Waals surface area contributed by atoms with Gasteiger partial charge in [0, 0.05) is 46.3 Å². The maximum atomic E-state index is 11.5. The second-order valence-electron chi connectivity index (χ2n) is 9.35. The summed E-state index contributed by atoms with van der Waals surface area (Å²) in [7, 11) is 3.86. The third-order valence-electron chi connectivity index (χ3n) is 6.72. The third-order valence-corrected chi connectivity index (χ3v) is 7.16. The number of benzene rings is 1. The van der Waals surface area contributed by atoms with E-state index in [1.54, 1.807) is 0 Å². The van der Waals surface area contributed by atoms with Gasteiger partial charge in [-0.25, -0.2) is 4.98 Å². The number of rotatable bonds is 9. The molecule has 1 aromatic heterocycles. The molecular weight excluding hydrogens is 458 g/mol. The van der Waals surface area contributed by atoms with Crippen LogP contribution in [-0.4, -0.2) is 70.8 Å². The van der Waals surface area contributed by atoms with Gasteiger partial charge in [0.05, 0.1) is 21.7 Å². The Morgan fingerprint density at radius 1 is 1.24 bits per heavy atom. The first-order valence-corrected chi connectivity index (χ1v) is 12.1. The average molecular weight is 490 g/mol. The van der Waals surface area contributed by atoms with E-state index in [4.69, 9.17) is 11.6 Å². The fourth-order valence-electron chi connectivity index (χ4n) is 4.69. The highest BCUT2D eigenvalue weighted by molar-refractivity contribution is 6.34. The van der Waals surface area contributed by atoms with Gasteiger partial charge in [0.15, 0.2) is 0 Å². The maximum absolute atomic E-state index is 11.5. The first kappa shape index (κ1) is 24.4. The molecule has 1 aliphatic heterocycles. The van der Waals surface area contributed by atoms with Crippen molar-refractivity contribution in [3.05, 3.63) is 45.1 Å². The minimum atomic E-state index is -0.463. The Bertz CT molecular complexity index is 1010. The molecule has 4 rings (SSSR count). The quantitative estimate of drug-likeness (QED) is 0.359. The summed E-state index contributed by atoms with van der Waals surface area (Å²) in [6.45, 7) is 2.58. The molecular formula is C23H32ClN7O3. The van der Waals surface area contributed by atoms with Gasteiger partial charge in [-0.15, -0.1) is 0 Å². The Hall–Kier alpha value is -2.69. The molecule has 0 unspecified atom stereocenters. The van der Waals surface area contributed by atoms with E-state index < -0.39 is 4.92 Å². The molecule has 1 aromatic carbocycles. The monoisotopic (exact) mass is 489 g/mol. The Morgan fingerprint density at radius 3 is 2.62 bits per heavy atom. The number of aliphatic hydroxyl groups is 1. The van der Waals surface area contributed by atoms with Crippen molar-refractivity contribution in [2.45, 2.75) is 44.4 Å². The molecule has 3 N–H and O–H groups in total. The average Bonchev–Trinajstić information content (AvgIpc) is 2.80. The predicted octanol–water partition coefficient (Wildman–Crippen LogP) is 3.36. The fraction of sp³-hybridized carbons (Fsp3) is 0.565. The van der Waals surface area contributed by atoms with Crippen molar-refractivity contribution in [1.29, 1.82) is 0 Å². The van der Waals surface area contributed by atoms with Crippen molar-refractivity contribution in [3.8, 4) is 0 Å². The van der Waals surface area contributed by atoms with Crippen molar-refractivity contribution in [3.63, 3.8) is 0 Å². The molecule has 11 heteroatoms. The summed E-state index contributed by atoms with van der Waals surface area (Å²) >= 11 is 6.51. The summed E-state index contributed by atoms with van der Waals surface area (Å²) in [5, 5.41) is 28.0. The Balaban J connectivity index is 1.36. The number of hydrogen-bond donors (Lipinski definition) is 3. The molecule has 0 radical (unpaired) electrons. The topological polar surface area (TPSA) is 120 Å². The predicted molar refractivity (Wildman–Crippen MR) is 134 cm³/mol. The van der Waals surface area contributed by atoms with Crippen LogP contribution in [0.1, 0.15) is 31.2 Å². The van der Waals surface area contributed by atoms with Gasteiger partial charge in [-0.2, -0.15) is 4.98 Å². The number of hydrogen-bond acceptors (Lipinski definition) is 9. The Kier molecular flexibility index (Phi) is 7.70. The van der Waals surface area contributed by atoms with E-state index >= 15 is 0 Å². The van der Waals surface area contributed by atoms with Gasteiger partial charge < -0.3 is 20.6 Å². The first-order chi connectivity index (χ1) is 16.3. The maximum Gasteiger partial charge on any atom is 0.329 e. The van der Waals surface area contributed by atoms with Gasteiger partial charge in [-0.1, -0.05) is 23.7 Å². The highest BCUT2D eigenvalue weighted by Crippen LogP contribution is 2.32. The van der Waals surface area contributed by atoms with Crippen LogP contribution in [0.2, 0.25) is 5.02 Å². The minimum absolute atomic E-state index is 0.138. The van der Waals surface area contributed by atoms with Gasteiger partial charge >= 0.3 is 5.69 Å². The Labute approximate surface area is 204 Å². The smallest absolute Gasteiger partial charge is 0.329 e. The SMILES string of the molecule is CN(C)c1cccc(CNc2ncc([N+](=O)[O-])c(NCC3CCC(N4CC(O)C4)CC3)n2)c1Cl. The van der Waals surface area contributed by atoms with Crippen LogP contribution in [0.5, 0.6) is 0 Å². The fourth-order valence-corrected chi connectivity index (χ4v) is 5.05. The molecule has 2 heterocycles. The van der Waals surface area contributed by atoms with Crippen molar-refractivity contribution in [1.82, 2.24) is 14.9 Å². The van der Waals surface area contributed by atoms with Crippen LogP contribution in [0, 0.1) is 16.0 Å². The molecule has 2 aliphatic rings. The Morgan fingerprint density at radius 2 is 1.97 bits per heavy atom. The largest absolute Gasteiger partial charge is 0.390 e. The zero-order valence-electron chi connectivity index (χ0n) is 19.6. The highest BCUT2D eigenvalue weighted by Gasteiger charge is 2.33. The van der Waals surface area contributed by atoms with Crippen LogP contribution in [0.3, 0.4) is 0 Å². The minimum Gasteiger partial charge on any atom is -0.390 e. The van der Waals surface area contributed by atoms with Crippen molar-refractivity contribution in [2.75, 3.05) is 49.3 Å². The molecule has 1 saturated heterocycles. The van der Waals surface area contributed by atoms with Gasteiger partial charge in [-0.05, 0) is 43.2 Å². The zero-order chi connectivity index (χ0) is 24.2. The summed E-state index contributed by atoms with van der Waals surface area (Å²) < 4.78 is 0. The number of nitro groups is 1. The molecule has 34 heavy (non-hydrogen) atoms. The standard InChI is InChI=1S/C23H32ClN7O3/c1-29(2)19-5-3-4-16(21(19)24)11-26-23-27-12-20(31(33)34)22(28-23)25-10-15-6-8-17(9-7-15)30-13-18(32)14-30/h3-5,12,15,17-18,32H,6-11,13-14H2,1-2H3,(H2,25,26,27,28). The molecule has 0 bridgehead atoms. The van der Waals surface area contributed by atoms with Crippen LogP contribution < -0.4 is 15.5 Å². The molecule has 184 valence electrons. The lowest BCUT2D eigenvalue weighted by Crippen LogP contribution is -2.56.